The first-order valence-electron chi connectivity index (χ1n) is 6.69. The lowest BCUT2D eigenvalue weighted by molar-refractivity contribution is 0.572. The van der Waals surface area contributed by atoms with Crippen LogP contribution in [0.15, 0.2) is 36.7 Å². The van der Waals surface area contributed by atoms with Crippen molar-refractivity contribution in [3.05, 3.63) is 52.1 Å². The second kappa shape index (κ2) is 4.86. The van der Waals surface area contributed by atoms with Gasteiger partial charge in [-0.3, -0.25) is 0 Å². The Balaban J connectivity index is 1.76. The summed E-state index contributed by atoms with van der Waals surface area (Å²) < 4.78 is 1.94. The quantitative estimate of drug-likeness (QED) is 0.718. The Hall–Kier alpha value is -1.85. The van der Waals surface area contributed by atoms with Gasteiger partial charge in [0.15, 0.2) is 5.82 Å². The van der Waals surface area contributed by atoms with E-state index in [0.717, 1.165) is 28.5 Å². The molecule has 0 spiro atoms. The van der Waals surface area contributed by atoms with Crippen molar-refractivity contribution >= 4 is 27.9 Å². The lowest BCUT2D eigenvalue weighted by atomic mass is 10.2. The third-order valence-electron chi connectivity index (χ3n) is 3.60. The smallest absolute Gasteiger partial charge is 0.162 e. The lowest BCUT2D eigenvalue weighted by Crippen LogP contribution is -2.29. The lowest BCUT2D eigenvalue weighted by Gasteiger charge is -2.29. The third kappa shape index (κ3) is 2.13. The first-order chi connectivity index (χ1) is 10.2. The molecular weight excluding hydrogens is 304 g/mol. The predicted octanol–water partition coefficient (Wildman–Crippen LogP) is 3.95. The van der Waals surface area contributed by atoms with Crippen LogP contribution in [0.5, 0.6) is 0 Å². The molecule has 3 heterocycles. The molecule has 0 unspecified atom stereocenters. The Kier molecular flexibility index (Phi) is 2.97. The van der Waals surface area contributed by atoms with Gasteiger partial charge in [-0.1, -0.05) is 29.8 Å². The van der Waals surface area contributed by atoms with Gasteiger partial charge in [0, 0.05) is 16.4 Å². The minimum atomic E-state index is 0.702. The zero-order chi connectivity index (χ0) is 14.4. The number of anilines is 1. The molecule has 0 radical (unpaired) electrons. The number of hydrogen-bond acceptors (Lipinski definition) is 4. The molecule has 1 aromatic carbocycles. The van der Waals surface area contributed by atoms with Gasteiger partial charge < -0.3 is 4.90 Å². The van der Waals surface area contributed by atoms with Gasteiger partial charge in [0.2, 0.25) is 0 Å². The van der Waals surface area contributed by atoms with Gasteiger partial charge in [0.25, 0.3) is 0 Å². The molecule has 0 saturated heterocycles. The van der Waals surface area contributed by atoms with Crippen molar-refractivity contribution in [2.75, 3.05) is 4.90 Å². The number of nitrogens with zero attached hydrogens (tertiary/aromatic N) is 4. The molecule has 106 valence electrons. The summed E-state index contributed by atoms with van der Waals surface area (Å²) in [6.07, 6.45) is 1.62. The Morgan fingerprint density at radius 2 is 2.19 bits per heavy atom. The van der Waals surface area contributed by atoms with Gasteiger partial charge >= 0.3 is 0 Å². The van der Waals surface area contributed by atoms with E-state index < -0.39 is 0 Å². The SMILES string of the molecule is Cc1cc2c(s1)N(Cc1ccccc1Cl)Cn1ncnc1-2. The predicted molar refractivity (Wildman–Crippen MR) is 85.7 cm³/mol. The van der Waals surface area contributed by atoms with E-state index in [0.29, 0.717) is 6.67 Å². The summed E-state index contributed by atoms with van der Waals surface area (Å²) in [6, 6.07) is 10.2. The normalized spacial score (nSPS) is 13.1. The van der Waals surface area contributed by atoms with Crippen LogP contribution in [-0.2, 0) is 13.2 Å². The van der Waals surface area contributed by atoms with E-state index in [1.165, 1.54) is 9.88 Å². The minimum absolute atomic E-state index is 0.702. The largest absolute Gasteiger partial charge is 0.339 e. The highest BCUT2D eigenvalue weighted by molar-refractivity contribution is 7.16. The monoisotopic (exact) mass is 316 g/mol. The molecule has 1 aliphatic rings. The van der Waals surface area contributed by atoms with Crippen LogP contribution in [0.25, 0.3) is 11.4 Å². The van der Waals surface area contributed by atoms with Gasteiger partial charge in [-0.2, -0.15) is 5.10 Å². The molecule has 21 heavy (non-hydrogen) atoms. The Morgan fingerprint density at radius 3 is 3.05 bits per heavy atom. The fourth-order valence-corrected chi connectivity index (χ4v) is 3.84. The molecule has 0 N–H and O–H groups in total. The molecule has 4 rings (SSSR count). The van der Waals surface area contributed by atoms with Gasteiger partial charge in [-0.25, -0.2) is 9.67 Å². The molecular formula is C15H13ClN4S. The number of fused-ring (bicyclic) bond motifs is 3. The van der Waals surface area contributed by atoms with Crippen LogP contribution in [0.1, 0.15) is 10.4 Å². The highest BCUT2D eigenvalue weighted by Gasteiger charge is 2.26. The second-order valence-electron chi connectivity index (χ2n) is 5.09. The zero-order valence-corrected chi connectivity index (χ0v) is 13.0. The van der Waals surface area contributed by atoms with Gasteiger partial charge in [0.1, 0.15) is 18.0 Å². The van der Waals surface area contributed by atoms with Crippen LogP contribution in [0.3, 0.4) is 0 Å². The third-order valence-corrected chi connectivity index (χ3v) is 5.08. The summed E-state index contributed by atoms with van der Waals surface area (Å²) in [5, 5.41) is 6.36. The highest BCUT2D eigenvalue weighted by atomic mass is 35.5. The maximum absolute atomic E-state index is 6.30. The van der Waals surface area contributed by atoms with Crippen molar-refractivity contribution in [2.45, 2.75) is 20.1 Å². The summed E-state index contributed by atoms with van der Waals surface area (Å²) in [4.78, 5) is 7.96. The Bertz CT molecular complexity index is 808. The first-order valence-corrected chi connectivity index (χ1v) is 7.89. The molecule has 0 fully saturated rings. The van der Waals surface area contributed by atoms with Crippen molar-refractivity contribution in [1.29, 1.82) is 0 Å². The first kappa shape index (κ1) is 12.9. The van der Waals surface area contributed by atoms with Crippen molar-refractivity contribution in [2.24, 2.45) is 0 Å². The molecule has 1 aliphatic heterocycles. The number of halogens is 1. The molecule has 2 aromatic heterocycles. The van der Waals surface area contributed by atoms with Gasteiger partial charge in [-0.05, 0) is 24.6 Å². The van der Waals surface area contributed by atoms with Crippen LogP contribution in [0, 0.1) is 6.92 Å². The fraction of sp³-hybridized carbons (Fsp3) is 0.200. The Morgan fingerprint density at radius 1 is 1.33 bits per heavy atom. The highest BCUT2D eigenvalue weighted by Crippen LogP contribution is 2.41. The molecule has 3 aromatic rings. The van der Waals surface area contributed by atoms with E-state index in [4.69, 9.17) is 11.6 Å². The van der Waals surface area contributed by atoms with E-state index in [1.54, 1.807) is 17.7 Å². The van der Waals surface area contributed by atoms with Crippen molar-refractivity contribution in [3.8, 4) is 11.4 Å². The van der Waals surface area contributed by atoms with Gasteiger partial charge in [0.05, 0.1) is 5.56 Å². The summed E-state index contributed by atoms with van der Waals surface area (Å²) in [5.41, 5.74) is 2.29. The van der Waals surface area contributed by atoms with E-state index >= 15 is 0 Å². The van der Waals surface area contributed by atoms with E-state index in [2.05, 4.69) is 34.0 Å². The number of aryl methyl sites for hydroxylation is 1. The van der Waals surface area contributed by atoms with Gasteiger partial charge in [-0.15, -0.1) is 11.3 Å². The molecule has 0 saturated carbocycles. The second-order valence-corrected chi connectivity index (χ2v) is 6.73. The number of rotatable bonds is 2. The number of benzene rings is 1. The summed E-state index contributed by atoms with van der Waals surface area (Å²) in [5.74, 6) is 0.949. The molecule has 0 atom stereocenters. The minimum Gasteiger partial charge on any atom is -0.339 e. The molecule has 0 bridgehead atoms. The average molecular weight is 317 g/mol. The van der Waals surface area contributed by atoms with Crippen LogP contribution in [-0.4, -0.2) is 14.8 Å². The fourth-order valence-electron chi connectivity index (χ4n) is 2.65. The summed E-state index contributed by atoms with van der Waals surface area (Å²) in [7, 11) is 0. The van der Waals surface area contributed by atoms with E-state index in [-0.39, 0.29) is 0 Å². The van der Waals surface area contributed by atoms with Crippen molar-refractivity contribution in [1.82, 2.24) is 14.8 Å². The zero-order valence-electron chi connectivity index (χ0n) is 11.5. The standard InChI is InChI=1S/C15H13ClN4S/c1-10-6-12-14-17-8-18-20(14)9-19(15(12)21-10)7-11-4-2-3-5-13(11)16/h2-6,8H,7,9H2,1H3. The number of hydrogen-bond donors (Lipinski definition) is 0. The topological polar surface area (TPSA) is 34.0 Å². The van der Waals surface area contributed by atoms with Crippen LogP contribution in [0.4, 0.5) is 5.00 Å². The summed E-state index contributed by atoms with van der Waals surface area (Å²) in [6.45, 7) is 3.59. The molecule has 6 heteroatoms. The molecule has 0 amide bonds. The van der Waals surface area contributed by atoms with Crippen LogP contribution < -0.4 is 4.90 Å². The van der Waals surface area contributed by atoms with Crippen LogP contribution >= 0.6 is 22.9 Å². The maximum Gasteiger partial charge on any atom is 0.162 e. The maximum atomic E-state index is 6.30. The van der Waals surface area contributed by atoms with Crippen LogP contribution in [0.2, 0.25) is 5.02 Å². The van der Waals surface area contributed by atoms with Crippen molar-refractivity contribution < 1.29 is 0 Å². The molecule has 0 aliphatic carbocycles. The number of aromatic nitrogens is 3. The number of thiophene rings is 1. The van der Waals surface area contributed by atoms with E-state index in [1.807, 2.05) is 22.9 Å². The Labute approximate surface area is 131 Å². The molecule has 4 nitrogen and oxygen atoms in total. The van der Waals surface area contributed by atoms with Crippen molar-refractivity contribution in [3.63, 3.8) is 0 Å². The van der Waals surface area contributed by atoms with E-state index in [9.17, 15) is 0 Å². The average Bonchev–Trinajstić information content (AvgIpc) is 3.06. The summed E-state index contributed by atoms with van der Waals surface area (Å²) >= 11 is 8.09.